The molecule has 1 aliphatic heterocycles. The number of aromatic nitrogens is 6. The van der Waals surface area contributed by atoms with Gasteiger partial charge in [-0.15, -0.1) is 10.2 Å². The van der Waals surface area contributed by atoms with Gasteiger partial charge in [-0.2, -0.15) is 0 Å². The molecule has 3 aromatic heterocycles. The normalized spacial score (nSPS) is 22.3. The van der Waals surface area contributed by atoms with Crippen molar-refractivity contribution < 1.29 is 24.8 Å². The summed E-state index contributed by atoms with van der Waals surface area (Å²) in [6, 6.07) is 17.5. The van der Waals surface area contributed by atoms with E-state index in [1.807, 2.05) is 54.6 Å². The number of rotatable bonds is 6. The van der Waals surface area contributed by atoms with Gasteiger partial charge in [-0.1, -0.05) is 42.5 Å². The Morgan fingerprint density at radius 1 is 0.914 bits per heavy atom. The van der Waals surface area contributed by atoms with E-state index in [0.29, 0.717) is 35.0 Å². The number of fused-ring (bicyclic) bond motifs is 3. The summed E-state index contributed by atoms with van der Waals surface area (Å²) in [5.41, 5.74) is 3.21. The lowest BCUT2D eigenvalue weighted by molar-refractivity contribution is -0.0511. The summed E-state index contributed by atoms with van der Waals surface area (Å²) in [6.07, 6.45) is -1.26. The molecule has 4 atom stereocenters. The van der Waals surface area contributed by atoms with Crippen molar-refractivity contribution >= 4 is 16.8 Å². The van der Waals surface area contributed by atoms with Gasteiger partial charge in [0.1, 0.15) is 37.0 Å². The maximum atomic E-state index is 10.4. The molecule has 35 heavy (non-hydrogen) atoms. The van der Waals surface area contributed by atoms with Gasteiger partial charge in [0, 0.05) is 5.56 Å². The summed E-state index contributed by atoms with van der Waals surface area (Å²) in [6.45, 7) is 0.0338. The zero-order valence-electron chi connectivity index (χ0n) is 18.4. The minimum absolute atomic E-state index is 0.409. The van der Waals surface area contributed by atoms with Crippen LogP contribution in [0, 0.1) is 0 Å². The van der Waals surface area contributed by atoms with Crippen LogP contribution in [0.5, 0.6) is 5.75 Å². The van der Waals surface area contributed by atoms with E-state index in [2.05, 4.69) is 20.2 Å². The van der Waals surface area contributed by atoms with Crippen LogP contribution in [0.2, 0.25) is 0 Å². The molecule has 178 valence electrons. The maximum absolute atomic E-state index is 10.4. The van der Waals surface area contributed by atoms with E-state index < -0.39 is 31.1 Å². The smallest absolute Gasteiger partial charge is 0.192 e. The fourth-order valence-corrected chi connectivity index (χ4v) is 4.27. The summed E-state index contributed by atoms with van der Waals surface area (Å²) in [5, 5.41) is 38.5. The fraction of sp³-hybridized carbons (Fsp3) is 0.250. The Hall–Kier alpha value is -3.90. The summed E-state index contributed by atoms with van der Waals surface area (Å²) in [5.74, 6) is 1.27. The van der Waals surface area contributed by atoms with Crippen LogP contribution >= 0.6 is 0 Å². The standard InChI is InChI=1S/C24H22N6O5/c31-10-17-19(32)20(33)24(35-17)30-12-25-18-22(30)26-13-29-21(27-28-23(18)29)15-7-4-8-16(9-15)34-11-14-5-2-1-3-6-14/h1-9,12-13,17,19-20,24,31-33H,10-11H2/t17-,19?,20+,24-/m1/s1. The van der Waals surface area contributed by atoms with Crippen molar-refractivity contribution in [3.63, 3.8) is 0 Å². The molecule has 11 heteroatoms. The second-order valence-electron chi connectivity index (χ2n) is 8.32. The Balaban J connectivity index is 1.32. The zero-order chi connectivity index (χ0) is 23.9. The summed E-state index contributed by atoms with van der Waals surface area (Å²) < 4.78 is 14.8. The average Bonchev–Trinajstić information content (AvgIpc) is 3.59. The number of ether oxygens (including phenoxy) is 2. The van der Waals surface area contributed by atoms with E-state index in [0.717, 1.165) is 11.1 Å². The van der Waals surface area contributed by atoms with Crippen LogP contribution in [0.15, 0.2) is 67.3 Å². The van der Waals surface area contributed by atoms with Crippen LogP contribution < -0.4 is 4.74 Å². The second-order valence-corrected chi connectivity index (χ2v) is 8.32. The quantitative estimate of drug-likeness (QED) is 0.332. The molecule has 6 rings (SSSR count). The van der Waals surface area contributed by atoms with Gasteiger partial charge in [-0.3, -0.25) is 8.97 Å². The van der Waals surface area contributed by atoms with Crippen molar-refractivity contribution in [3.05, 3.63) is 72.8 Å². The highest BCUT2D eigenvalue weighted by molar-refractivity contribution is 5.86. The number of nitrogens with zero attached hydrogens (tertiary/aromatic N) is 6. The molecule has 3 N–H and O–H groups in total. The monoisotopic (exact) mass is 474 g/mol. The largest absolute Gasteiger partial charge is 0.489 e. The lowest BCUT2D eigenvalue weighted by Crippen LogP contribution is -2.33. The number of aliphatic hydroxyl groups excluding tert-OH is 3. The highest BCUT2D eigenvalue weighted by Crippen LogP contribution is 2.32. The number of imidazole rings is 1. The van der Waals surface area contributed by atoms with Gasteiger partial charge < -0.3 is 24.8 Å². The molecule has 0 bridgehead atoms. The van der Waals surface area contributed by atoms with Crippen LogP contribution in [0.1, 0.15) is 11.8 Å². The molecule has 1 unspecified atom stereocenters. The Morgan fingerprint density at radius 3 is 2.57 bits per heavy atom. The average molecular weight is 474 g/mol. The molecule has 0 saturated carbocycles. The maximum Gasteiger partial charge on any atom is 0.192 e. The molecular formula is C24H22N6O5. The first kappa shape index (κ1) is 21.6. The highest BCUT2D eigenvalue weighted by atomic mass is 16.6. The van der Waals surface area contributed by atoms with Crippen molar-refractivity contribution in [1.29, 1.82) is 0 Å². The third-order valence-corrected chi connectivity index (χ3v) is 6.10. The summed E-state index contributed by atoms with van der Waals surface area (Å²) in [4.78, 5) is 8.90. The number of hydrogen-bond acceptors (Lipinski definition) is 9. The SMILES string of the molecule is OC[C@H]1O[C@@H](n2cnc3c2ncn2c(-c4cccc(OCc5ccccc5)c4)nnc32)[C@@H](O)C1O. The third kappa shape index (κ3) is 3.70. The lowest BCUT2D eigenvalue weighted by atomic mass is 10.1. The van der Waals surface area contributed by atoms with Gasteiger partial charge in [0.2, 0.25) is 0 Å². The molecule has 11 nitrogen and oxygen atoms in total. The Labute approximate surface area is 198 Å². The molecule has 4 heterocycles. The van der Waals surface area contributed by atoms with Crippen LogP contribution in [-0.4, -0.2) is 69.4 Å². The molecule has 0 aliphatic carbocycles. The highest BCUT2D eigenvalue weighted by Gasteiger charge is 2.44. The minimum atomic E-state index is -1.24. The van der Waals surface area contributed by atoms with Gasteiger partial charge >= 0.3 is 0 Å². The minimum Gasteiger partial charge on any atom is -0.489 e. The zero-order valence-corrected chi connectivity index (χ0v) is 18.4. The Morgan fingerprint density at radius 2 is 1.77 bits per heavy atom. The van der Waals surface area contributed by atoms with Gasteiger partial charge in [0.05, 0.1) is 12.9 Å². The Bertz CT molecular complexity index is 1490. The van der Waals surface area contributed by atoms with E-state index >= 15 is 0 Å². The molecule has 5 aromatic rings. The topological polar surface area (TPSA) is 140 Å². The van der Waals surface area contributed by atoms with E-state index in [-0.39, 0.29) is 0 Å². The fourth-order valence-electron chi connectivity index (χ4n) is 4.27. The second kappa shape index (κ2) is 8.71. The van der Waals surface area contributed by atoms with Gasteiger partial charge in [0.25, 0.3) is 0 Å². The van der Waals surface area contributed by atoms with E-state index in [1.165, 1.54) is 10.9 Å². The predicted octanol–water partition coefficient (Wildman–Crippen LogP) is 1.33. The van der Waals surface area contributed by atoms with Crippen LogP contribution in [0.25, 0.3) is 28.2 Å². The molecule has 1 saturated heterocycles. The first-order valence-electron chi connectivity index (χ1n) is 11.1. The van der Waals surface area contributed by atoms with Crippen molar-refractivity contribution in [2.45, 2.75) is 31.1 Å². The number of benzene rings is 2. The van der Waals surface area contributed by atoms with Crippen molar-refractivity contribution in [3.8, 4) is 17.1 Å². The first-order valence-corrected chi connectivity index (χ1v) is 11.1. The van der Waals surface area contributed by atoms with Crippen LogP contribution in [0.4, 0.5) is 0 Å². The summed E-state index contributed by atoms with van der Waals surface area (Å²) in [7, 11) is 0. The number of aliphatic hydroxyl groups is 3. The van der Waals surface area contributed by atoms with Crippen LogP contribution in [0.3, 0.4) is 0 Å². The van der Waals surface area contributed by atoms with E-state index in [9.17, 15) is 15.3 Å². The molecule has 1 fully saturated rings. The van der Waals surface area contributed by atoms with Gasteiger partial charge in [-0.05, 0) is 17.7 Å². The van der Waals surface area contributed by atoms with E-state index in [4.69, 9.17) is 9.47 Å². The first-order chi connectivity index (χ1) is 17.1. The van der Waals surface area contributed by atoms with Crippen molar-refractivity contribution in [2.75, 3.05) is 6.61 Å². The van der Waals surface area contributed by atoms with E-state index in [1.54, 1.807) is 10.7 Å². The third-order valence-electron chi connectivity index (χ3n) is 6.10. The molecule has 2 aromatic carbocycles. The van der Waals surface area contributed by atoms with Crippen molar-refractivity contribution in [2.24, 2.45) is 0 Å². The van der Waals surface area contributed by atoms with Crippen molar-refractivity contribution in [1.82, 2.24) is 29.1 Å². The molecule has 0 spiro atoms. The molecule has 1 aliphatic rings. The van der Waals surface area contributed by atoms with Gasteiger partial charge in [0.15, 0.2) is 28.9 Å². The summed E-state index contributed by atoms with van der Waals surface area (Å²) >= 11 is 0. The molecular weight excluding hydrogens is 452 g/mol. The predicted molar refractivity (Wildman–Crippen MR) is 123 cm³/mol. The lowest BCUT2D eigenvalue weighted by Gasteiger charge is -2.16. The molecule has 0 amide bonds. The van der Waals surface area contributed by atoms with Gasteiger partial charge in [-0.25, -0.2) is 9.97 Å². The van der Waals surface area contributed by atoms with Crippen LogP contribution in [-0.2, 0) is 11.3 Å². The molecule has 0 radical (unpaired) electrons. The Kier molecular flexibility index (Phi) is 5.38. The number of hydrogen-bond donors (Lipinski definition) is 3.